The Kier molecular flexibility index (Phi) is 9.96. The zero-order chi connectivity index (χ0) is 25.2. The van der Waals surface area contributed by atoms with E-state index in [0.717, 1.165) is 10.0 Å². The summed E-state index contributed by atoms with van der Waals surface area (Å²) in [6.45, 7) is 0.230. The molecular weight excluding hydrogens is 557 g/mol. The van der Waals surface area contributed by atoms with Gasteiger partial charge in [-0.25, -0.2) is 5.43 Å². The number of carbonyl (C=O) groups excluding carboxylic acids is 2. The van der Waals surface area contributed by atoms with E-state index in [1.54, 1.807) is 61.7 Å². The molecule has 0 unspecified atom stereocenters. The first-order valence-corrected chi connectivity index (χ1v) is 12.0. The third-order valence-electron chi connectivity index (χ3n) is 4.72. The second-order valence-corrected chi connectivity index (χ2v) is 9.04. The minimum atomic E-state index is -0.392. The molecule has 182 valence electrons. The van der Waals surface area contributed by atoms with E-state index in [2.05, 4.69) is 31.8 Å². The zero-order valence-corrected chi connectivity index (χ0v) is 21.8. The van der Waals surface area contributed by atoms with Crippen LogP contribution in [0.3, 0.4) is 0 Å². The summed E-state index contributed by atoms with van der Waals surface area (Å²) in [6.07, 6.45) is 1.47. The molecule has 0 saturated heterocycles. The van der Waals surface area contributed by atoms with Gasteiger partial charge in [0.2, 0.25) is 11.8 Å². The van der Waals surface area contributed by atoms with Gasteiger partial charge in [-0.15, -0.1) is 0 Å². The minimum Gasteiger partial charge on any atom is -0.497 e. The quantitative estimate of drug-likeness (QED) is 0.221. The molecular formula is C25H22BrCl2N3O4. The van der Waals surface area contributed by atoms with Crippen molar-refractivity contribution in [2.75, 3.05) is 12.4 Å². The highest BCUT2D eigenvalue weighted by molar-refractivity contribution is 9.10. The van der Waals surface area contributed by atoms with E-state index < -0.39 is 5.91 Å². The SMILES string of the molecule is COc1ccc(NC(=O)CCC(=O)NN=Cc2cc(Br)ccc2OCc2ccc(Cl)cc2Cl)cc1. The van der Waals surface area contributed by atoms with Crippen molar-refractivity contribution in [3.63, 3.8) is 0 Å². The van der Waals surface area contributed by atoms with Crippen molar-refractivity contribution in [1.29, 1.82) is 0 Å². The van der Waals surface area contributed by atoms with Gasteiger partial charge in [0, 0.05) is 44.2 Å². The molecule has 0 spiro atoms. The Morgan fingerprint density at radius 2 is 1.74 bits per heavy atom. The minimum absolute atomic E-state index is 0.0144. The molecule has 0 aromatic heterocycles. The molecule has 10 heteroatoms. The fourth-order valence-electron chi connectivity index (χ4n) is 2.90. The Morgan fingerprint density at radius 3 is 2.46 bits per heavy atom. The number of rotatable bonds is 10. The first kappa shape index (κ1) is 26.5. The Morgan fingerprint density at radius 1 is 1.00 bits per heavy atom. The lowest BCUT2D eigenvalue weighted by molar-refractivity contribution is -0.124. The van der Waals surface area contributed by atoms with Crippen LogP contribution in [0.25, 0.3) is 0 Å². The fraction of sp³-hybridized carbons (Fsp3) is 0.160. The van der Waals surface area contributed by atoms with Gasteiger partial charge in [-0.05, 0) is 54.6 Å². The molecule has 0 aliphatic carbocycles. The maximum Gasteiger partial charge on any atom is 0.240 e. The smallest absolute Gasteiger partial charge is 0.240 e. The van der Waals surface area contributed by atoms with Gasteiger partial charge in [0.05, 0.1) is 13.3 Å². The predicted molar refractivity (Wildman–Crippen MR) is 142 cm³/mol. The number of ether oxygens (including phenoxy) is 2. The number of nitrogens with zero attached hydrogens (tertiary/aromatic N) is 1. The van der Waals surface area contributed by atoms with E-state index in [-0.39, 0.29) is 25.4 Å². The molecule has 0 saturated carbocycles. The second-order valence-electron chi connectivity index (χ2n) is 7.28. The Bertz CT molecular complexity index is 1220. The van der Waals surface area contributed by atoms with Gasteiger partial charge in [0.15, 0.2) is 0 Å². The van der Waals surface area contributed by atoms with Gasteiger partial charge < -0.3 is 14.8 Å². The maximum atomic E-state index is 12.1. The summed E-state index contributed by atoms with van der Waals surface area (Å²) in [5.41, 5.74) is 4.47. The van der Waals surface area contributed by atoms with Crippen molar-refractivity contribution in [2.45, 2.75) is 19.4 Å². The molecule has 2 N–H and O–H groups in total. The highest BCUT2D eigenvalue weighted by atomic mass is 79.9. The van der Waals surface area contributed by atoms with Crippen molar-refractivity contribution in [1.82, 2.24) is 5.43 Å². The van der Waals surface area contributed by atoms with E-state index in [0.29, 0.717) is 32.8 Å². The largest absolute Gasteiger partial charge is 0.497 e. The van der Waals surface area contributed by atoms with Gasteiger partial charge in [0.25, 0.3) is 0 Å². The number of benzene rings is 3. The van der Waals surface area contributed by atoms with Crippen LogP contribution in [0.15, 0.2) is 70.2 Å². The lowest BCUT2D eigenvalue weighted by Gasteiger charge is -2.11. The lowest BCUT2D eigenvalue weighted by atomic mass is 10.2. The van der Waals surface area contributed by atoms with E-state index in [4.69, 9.17) is 32.7 Å². The summed E-state index contributed by atoms with van der Waals surface area (Å²) in [5.74, 6) is 0.568. The summed E-state index contributed by atoms with van der Waals surface area (Å²) < 4.78 is 11.8. The van der Waals surface area contributed by atoms with Gasteiger partial charge >= 0.3 is 0 Å². The molecule has 0 aliphatic heterocycles. The number of hydrogen-bond acceptors (Lipinski definition) is 5. The number of methoxy groups -OCH3 is 1. The predicted octanol–water partition coefficient (Wildman–Crippen LogP) is 6.21. The Balaban J connectivity index is 1.51. The molecule has 35 heavy (non-hydrogen) atoms. The van der Waals surface area contributed by atoms with Crippen LogP contribution in [0.4, 0.5) is 5.69 Å². The summed E-state index contributed by atoms with van der Waals surface area (Å²) in [4.78, 5) is 24.2. The van der Waals surface area contributed by atoms with E-state index in [1.807, 2.05) is 6.07 Å². The number of halogens is 3. The van der Waals surface area contributed by atoms with E-state index in [9.17, 15) is 9.59 Å². The van der Waals surface area contributed by atoms with Crippen LogP contribution in [-0.2, 0) is 16.2 Å². The van der Waals surface area contributed by atoms with Crippen LogP contribution in [0, 0.1) is 0 Å². The molecule has 3 aromatic rings. The number of hydrogen-bond donors (Lipinski definition) is 2. The lowest BCUT2D eigenvalue weighted by Crippen LogP contribution is -2.20. The van der Waals surface area contributed by atoms with Gasteiger partial charge in [-0.1, -0.05) is 45.2 Å². The number of nitrogens with one attached hydrogen (secondary N) is 2. The van der Waals surface area contributed by atoms with Crippen molar-refractivity contribution < 1.29 is 19.1 Å². The first-order valence-electron chi connectivity index (χ1n) is 10.5. The topological polar surface area (TPSA) is 89.0 Å². The molecule has 0 bridgehead atoms. The van der Waals surface area contributed by atoms with Crippen molar-refractivity contribution >= 4 is 62.8 Å². The maximum absolute atomic E-state index is 12.1. The summed E-state index contributed by atoms with van der Waals surface area (Å²) in [6, 6.07) is 17.5. The third kappa shape index (κ3) is 8.58. The average Bonchev–Trinajstić information content (AvgIpc) is 2.83. The molecule has 0 heterocycles. The third-order valence-corrected chi connectivity index (χ3v) is 5.80. The molecule has 0 fully saturated rings. The zero-order valence-electron chi connectivity index (χ0n) is 18.7. The van der Waals surface area contributed by atoms with Gasteiger partial charge in [-0.3, -0.25) is 9.59 Å². The second kappa shape index (κ2) is 13.1. The van der Waals surface area contributed by atoms with Gasteiger partial charge in [0.1, 0.15) is 18.1 Å². The highest BCUT2D eigenvalue weighted by Gasteiger charge is 2.09. The molecule has 0 radical (unpaired) electrons. The average molecular weight is 579 g/mol. The van der Waals surface area contributed by atoms with Crippen molar-refractivity contribution in [3.05, 3.63) is 86.3 Å². The molecule has 7 nitrogen and oxygen atoms in total. The monoisotopic (exact) mass is 577 g/mol. The molecule has 3 aromatic carbocycles. The molecule has 3 rings (SSSR count). The standard InChI is InChI=1S/C25H22BrCl2N3O4/c1-34-21-7-5-20(6-8-21)30-24(32)10-11-25(33)31-29-14-17-12-18(26)3-9-23(17)35-15-16-2-4-19(27)13-22(16)28/h2-9,12-14H,10-11,15H2,1H3,(H,30,32)(H,31,33). The van der Waals surface area contributed by atoms with E-state index >= 15 is 0 Å². The first-order chi connectivity index (χ1) is 16.8. The number of hydrazone groups is 1. The summed E-state index contributed by atoms with van der Waals surface area (Å²) in [5, 5.41) is 7.77. The highest BCUT2D eigenvalue weighted by Crippen LogP contribution is 2.26. The van der Waals surface area contributed by atoms with Crippen LogP contribution in [0.5, 0.6) is 11.5 Å². The van der Waals surface area contributed by atoms with Crippen LogP contribution >= 0.6 is 39.1 Å². The fourth-order valence-corrected chi connectivity index (χ4v) is 3.74. The van der Waals surface area contributed by atoms with E-state index in [1.165, 1.54) is 6.21 Å². The Hall–Kier alpha value is -3.07. The molecule has 0 atom stereocenters. The molecule has 0 aliphatic rings. The van der Waals surface area contributed by atoms with Crippen LogP contribution < -0.4 is 20.2 Å². The van der Waals surface area contributed by atoms with Crippen LogP contribution in [0.1, 0.15) is 24.0 Å². The van der Waals surface area contributed by atoms with Crippen LogP contribution in [-0.4, -0.2) is 25.1 Å². The van der Waals surface area contributed by atoms with Crippen molar-refractivity contribution in [2.24, 2.45) is 5.10 Å². The normalized spacial score (nSPS) is 10.7. The molecule has 2 amide bonds. The number of amides is 2. The summed E-state index contributed by atoms with van der Waals surface area (Å²) in [7, 11) is 1.57. The number of carbonyl (C=O) groups is 2. The summed E-state index contributed by atoms with van der Waals surface area (Å²) >= 11 is 15.6. The Labute approximate surface area is 221 Å². The van der Waals surface area contributed by atoms with Crippen molar-refractivity contribution in [3.8, 4) is 11.5 Å². The van der Waals surface area contributed by atoms with Gasteiger partial charge in [-0.2, -0.15) is 5.10 Å². The number of anilines is 1. The van der Waals surface area contributed by atoms with Crippen LogP contribution in [0.2, 0.25) is 10.0 Å².